The highest BCUT2D eigenvalue weighted by molar-refractivity contribution is 5.91. The molecular formula is C10H9N3O3. The highest BCUT2D eigenvalue weighted by Gasteiger charge is 2.10. The van der Waals surface area contributed by atoms with E-state index in [9.17, 15) is 9.90 Å². The van der Waals surface area contributed by atoms with Crippen LogP contribution in [0.4, 0.5) is 0 Å². The molecule has 2 rings (SSSR count). The number of aromatic nitrogens is 3. The maximum absolute atomic E-state index is 10.7. The van der Waals surface area contributed by atoms with Gasteiger partial charge in [0.2, 0.25) is 0 Å². The lowest BCUT2D eigenvalue weighted by molar-refractivity contribution is 0.0694. The Morgan fingerprint density at radius 1 is 1.44 bits per heavy atom. The normalized spacial score (nSPS) is 10.3. The number of carboxylic acids is 1. The second-order valence-corrected chi connectivity index (χ2v) is 3.31. The molecule has 0 bridgehead atoms. The fourth-order valence-electron chi connectivity index (χ4n) is 1.32. The van der Waals surface area contributed by atoms with Crippen molar-refractivity contribution < 1.29 is 15.0 Å². The second kappa shape index (κ2) is 3.65. The lowest BCUT2D eigenvalue weighted by atomic mass is 10.2. The van der Waals surface area contributed by atoms with Gasteiger partial charge in [-0.1, -0.05) is 5.21 Å². The van der Waals surface area contributed by atoms with Crippen LogP contribution < -0.4 is 0 Å². The standard InChI is InChI=1S/C10H9N3O3/c1-6-5-13(12-11-6)7-2-3-8(10(15)16)9(14)4-7/h2-5,14H,1H3,(H,15,16). The third kappa shape index (κ3) is 1.72. The van der Waals surface area contributed by atoms with E-state index in [1.807, 2.05) is 0 Å². The van der Waals surface area contributed by atoms with Crippen molar-refractivity contribution in [1.82, 2.24) is 15.0 Å². The van der Waals surface area contributed by atoms with Gasteiger partial charge in [0.15, 0.2) is 0 Å². The Morgan fingerprint density at radius 3 is 2.69 bits per heavy atom. The van der Waals surface area contributed by atoms with E-state index in [-0.39, 0.29) is 11.3 Å². The summed E-state index contributed by atoms with van der Waals surface area (Å²) in [7, 11) is 0. The summed E-state index contributed by atoms with van der Waals surface area (Å²) in [6, 6.07) is 4.21. The number of aromatic carboxylic acids is 1. The van der Waals surface area contributed by atoms with E-state index in [4.69, 9.17) is 5.11 Å². The lowest BCUT2D eigenvalue weighted by Gasteiger charge is -2.03. The van der Waals surface area contributed by atoms with E-state index in [1.54, 1.807) is 19.2 Å². The quantitative estimate of drug-likeness (QED) is 0.785. The Bertz CT molecular complexity index is 548. The molecule has 0 fully saturated rings. The van der Waals surface area contributed by atoms with Crippen molar-refractivity contribution in [1.29, 1.82) is 0 Å². The molecular weight excluding hydrogens is 210 g/mol. The van der Waals surface area contributed by atoms with Crippen molar-refractivity contribution in [3.63, 3.8) is 0 Å². The Balaban J connectivity index is 2.45. The number of benzene rings is 1. The summed E-state index contributed by atoms with van der Waals surface area (Å²) in [6.45, 7) is 1.79. The smallest absolute Gasteiger partial charge is 0.339 e. The average molecular weight is 219 g/mol. The monoisotopic (exact) mass is 219 g/mol. The van der Waals surface area contributed by atoms with E-state index in [2.05, 4.69) is 10.3 Å². The van der Waals surface area contributed by atoms with Gasteiger partial charge in [-0.15, -0.1) is 5.10 Å². The summed E-state index contributed by atoms with van der Waals surface area (Å²) in [5, 5.41) is 25.8. The van der Waals surface area contributed by atoms with Crippen molar-refractivity contribution in [2.45, 2.75) is 6.92 Å². The molecule has 0 radical (unpaired) electrons. The average Bonchev–Trinajstić information content (AvgIpc) is 2.64. The lowest BCUT2D eigenvalue weighted by Crippen LogP contribution is -1.99. The van der Waals surface area contributed by atoms with Crippen molar-refractivity contribution in [2.75, 3.05) is 0 Å². The van der Waals surface area contributed by atoms with Crippen LogP contribution >= 0.6 is 0 Å². The molecule has 0 aliphatic carbocycles. The van der Waals surface area contributed by atoms with Gasteiger partial charge >= 0.3 is 5.97 Å². The Kier molecular flexibility index (Phi) is 2.32. The van der Waals surface area contributed by atoms with Crippen LogP contribution in [0.5, 0.6) is 5.75 Å². The van der Waals surface area contributed by atoms with Crippen LogP contribution in [0.15, 0.2) is 24.4 Å². The van der Waals surface area contributed by atoms with Crippen molar-refractivity contribution in [3.8, 4) is 11.4 Å². The van der Waals surface area contributed by atoms with Crippen LogP contribution in [0.2, 0.25) is 0 Å². The fraction of sp³-hybridized carbons (Fsp3) is 0.100. The van der Waals surface area contributed by atoms with Gasteiger partial charge in [0.1, 0.15) is 11.3 Å². The van der Waals surface area contributed by atoms with Crippen LogP contribution in [0.3, 0.4) is 0 Å². The number of carbonyl (C=O) groups is 1. The van der Waals surface area contributed by atoms with E-state index in [1.165, 1.54) is 16.8 Å². The topological polar surface area (TPSA) is 88.2 Å². The number of rotatable bonds is 2. The van der Waals surface area contributed by atoms with E-state index in [0.717, 1.165) is 5.69 Å². The zero-order chi connectivity index (χ0) is 11.7. The first kappa shape index (κ1) is 10.2. The SMILES string of the molecule is Cc1cn(-c2ccc(C(=O)O)c(O)c2)nn1. The molecule has 2 aromatic rings. The number of carboxylic acid groups (broad SMARTS) is 1. The van der Waals surface area contributed by atoms with Crippen molar-refractivity contribution in [2.24, 2.45) is 0 Å². The molecule has 1 aromatic carbocycles. The molecule has 0 spiro atoms. The molecule has 0 unspecified atom stereocenters. The van der Waals surface area contributed by atoms with Gasteiger partial charge in [-0.3, -0.25) is 0 Å². The van der Waals surface area contributed by atoms with E-state index < -0.39 is 5.97 Å². The predicted molar refractivity (Wildman–Crippen MR) is 54.7 cm³/mol. The summed E-state index contributed by atoms with van der Waals surface area (Å²) >= 11 is 0. The van der Waals surface area contributed by atoms with Gasteiger partial charge < -0.3 is 10.2 Å². The Labute approximate surface area is 90.8 Å². The van der Waals surface area contributed by atoms with Gasteiger partial charge in [0.25, 0.3) is 0 Å². The van der Waals surface area contributed by atoms with Crippen LogP contribution in [0.25, 0.3) is 5.69 Å². The third-order valence-corrected chi connectivity index (χ3v) is 2.08. The third-order valence-electron chi connectivity index (χ3n) is 2.08. The number of hydrogen-bond donors (Lipinski definition) is 2. The van der Waals surface area contributed by atoms with Crippen LogP contribution in [-0.4, -0.2) is 31.2 Å². The number of nitrogens with zero attached hydrogens (tertiary/aromatic N) is 3. The van der Waals surface area contributed by atoms with Gasteiger partial charge in [-0.2, -0.15) is 0 Å². The largest absolute Gasteiger partial charge is 0.507 e. The zero-order valence-corrected chi connectivity index (χ0v) is 8.45. The maximum Gasteiger partial charge on any atom is 0.339 e. The minimum Gasteiger partial charge on any atom is -0.507 e. The van der Waals surface area contributed by atoms with Crippen molar-refractivity contribution >= 4 is 5.97 Å². The Morgan fingerprint density at radius 2 is 2.19 bits per heavy atom. The predicted octanol–water partition coefficient (Wildman–Crippen LogP) is 0.980. The highest BCUT2D eigenvalue weighted by atomic mass is 16.4. The minimum absolute atomic E-state index is 0.138. The first-order chi connectivity index (χ1) is 7.58. The number of aromatic hydroxyl groups is 1. The molecule has 1 heterocycles. The summed E-state index contributed by atoms with van der Waals surface area (Å²) in [6.07, 6.45) is 1.68. The highest BCUT2D eigenvalue weighted by Crippen LogP contribution is 2.20. The molecule has 82 valence electrons. The summed E-state index contributed by atoms with van der Waals surface area (Å²) in [5.74, 6) is -1.46. The molecule has 6 nitrogen and oxygen atoms in total. The van der Waals surface area contributed by atoms with Crippen LogP contribution in [0.1, 0.15) is 16.1 Å². The number of phenols is 1. The van der Waals surface area contributed by atoms with Crippen molar-refractivity contribution in [3.05, 3.63) is 35.7 Å². The van der Waals surface area contributed by atoms with Gasteiger partial charge in [0, 0.05) is 6.07 Å². The fourth-order valence-corrected chi connectivity index (χ4v) is 1.32. The van der Waals surface area contributed by atoms with E-state index >= 15 is 0 Å². The molecule has 0 atom stereocenters. The molecule has 0 aliphatic heterocycles. The van der Waals surface area contributed by atoms with Crippen LogP contribution in [-0.2, 0) is 0 Å². The van der Waals surface area contributed by atoms with Gasteiger partial charge in [0.05, 0.1) is 17.6 Å². The van der Waals surface area contributed by atoms with Gasteiger partial charge in [-0.25, -0.2) is 9.48 Å². The maximum atomic E-state index is 10.7. The summed E-state index contributed by atoms with van der Waals surface area (Å²) in [5.41, 5.74) is 1.16. The molecule has 2 N–H and O–H groups in total. The number of aryl methyl sites for hydroxylation is 1. The molecule has 0 amide bonds. The Hall–Kier alpha value is -2.37. The molecule has 6 heteroatoms. The summed E-state index contributed by atoms with van der Waals surface area (Å²) < 4.78 is 1.46. The molecule has 0 saturated heterocycles. The first-order valence-corrected chi connectivity index (χ1v) is 4.53. The van der Waals surface area contributed by atoms with Crippen LogP contribution in [0, 0.1) is 6.92 Å². The van der Waals surface area contributed by atoms with Gasteiger partial charge in [-0.05, 0) is 19.1 Å². The minimum atomic E-state index is -1.17. The molecule has 16 heavy (non-hydrogen) atoms. The van der Waals surface area contributed by atoms with E-state index in [0.29, 0.717) is 5.69 Å². The molecule has 0 aliphatic rings. The first-order valence-electron chi connectivity index (χ1n) is 4.53. The number of hydrogen-bond acceptors (Lipinski definition) is 4. The molecule has 0 saturated carbocycles. The molecule has 1 aromatic heterocycles. The summed E-state index contributed by atoms with van der Waals surface area (Å²) in [4.78, 5) is 10.7. The zero-order valence-electron chi connectivity index (χ0n) is 8.45. The second-order valence-electron chi connectivity index (χ2n) is 3.31.